The first-order valence-electron chi connectivity index (χ1n) is 15.5. The third-order valence-electron chi connectivity index (χ3n) is 10.2. The monoisotopic (exact) mass is 605 g/mol. The molecule has 230 valence electrons. The van der Waals surface area contributed by atoms with Crippen LogP contribution < -0.4 is 9.64 Å². The Morgan fingerprint density at radius 3 is 2.73 bits per heavy atom. The molecule has 0 aliphatic carbocycles. The second-order valence-corrected chi connectivity index (χ2v) is 12.8. The van der Waals surface area contributed by atoms with Gasteiger partial charge in [-0.3, -0.25) is 9.88 Å². The molecule has 0 bridgehead atoms. The molecular formula is C33H34F3N5O3. The summed E-state index contributed by atoms with van der Waals surface area (Å²) in [5, 5.41) is 12.1. The molecule has 4 saturated heterocycles. The van der Waals surface area contributed by atoms with Gasteiger partial charge in [-0.15, -0.1) is 0 Å². The molecule has 2 unspecified atom stereocenters. The number of alkyl halides is 1. The predicted octanol–water partition coefficient (Wildman–Crippen LogP) is 5.43. The molecule has 4 fully saturated rings. The molecule has 8 rings (SSSR count). The Morgan fingerprint density at radius 2 is 1.93 bits per heavy atom. The first-order valence-corrected chi connectivity index (χ1v) is 15.5. The molecule has 0 amide bonds. The van der Waals surface area contributed by atoms with Gasteiger partial charge in [0.2, 0.25) is 0 Å². The van der Waals surface area contributed by atoms with Gasteiger partial charge in [0.15, 0.2) is 5.82 Å². The molecule has 1 N–H and O–H groups in total. The number of aromatic nitrogens is 3. The summed E-state index contributed by atoms with van der Waals surface area (Å²) in [6.07, 6.45) is 3.22. The van der Waals surface area contributed by atoms with Crippen molar-refractivity contribution in [1.82, 2.24) is 19.9 Å². The van der Waals surface area contributed by atoms with E-state index >= 15 is 4.39 Å². The number of fused-ring (bicyclic) bond motifs is 4. The van der Waals surface area contributed by atoms with Crippen LogP contribution in [-0.2, 0) is 11.2 Å². The Hall–Kier alpha value is -3.70. The number of aromatic hydroxyl groups is 1. The lowest BCUT2D eigenvalue weighted by Gasteiger charge is -2.31. The maximum absolute atomic E-state index is 16.8. The zero-order valence-corrected chi connectivity index (χ0v) is 24.5. The number of halogens is 3. The van der Waals surface area contributed by atoms with E-state index in [0.717, 1.165) is 19.4 Å². The maximum atomic E-state index is 16.8. The van der Waals surface area contributed by atoms with Crippen molar-refractivity contribution < 1.29 is 27.8 Å². The van der Waals surface area contributed by atoms with Crippen LogP contribution in [0.15, 0.2) is 30.5 Å². The largest absolute Gasteiger partial charge is 0.508 e. The quantitative estimate of drug-likeness (QED) is 0.312. The van der Waals surface area contributed by atoms with Gasteiger partial charge in [0.1, 0.15) is 41.4 Å². The fourth-order valence-corrected chi connectivity index (χ4v) is 8.06. The van der Waals surface area contributed by atoms with E-state index < -0.39 is 23.3 Å². The first kappa shape index (κ1) is 27.8. The van der Waals surface area contributed by atoms with Gasteiger partial charge in [-0.25, -0.2) is 13.2 Å². The zero-order chi connectivity index (χ0) is 30.2. The maximum Gasteiger partial charge on any atom is 0.319 e. The molecule has 4 aliphatic heterocycles. The SMILES string of the molecule is CCc1c(F)ccc2cc(O)cc(-c3ncc4c(N5CC6COCC6C5)nc(OC[C@@]56CCCN5C[C@H](F)C6)nc4c3F)c12. The molecule has 0 radical (unpaired) electrons. The van der Waals surface area contributed by atoms with Gasteiger partial charge >= 0.3 is 6.01 Å². The van der Waals surface area contributed by atoms with Crippen molar-refractivity contribution >= 4 is 27.5 Å². The van der Waals surface area contributed by atoms with Crippen LogP contribution in [0.3, 0.4) is 0 Å². The van der Waals surface area contributed by atoms with E-state index in [0.29, 0.717) is 85.1 Å². The Labute approximate surface area is 252 Å². The lowest BCUT2D eigenvalue weighted by atomic mass is 9.94. The van der Waals surface area contributed by atoms with Crippen molar-refractivity contribution in [3.63, 3.8) is 0 Å². The molecule has 11 heteroatoms. The minimum atomic E-state index is -0.903. The second kappa shape index (κ2) is 10.4. The van der Waals surface area contributed by atoms with E-state index in [1.54, 1.807) is 12.3 Å². The molecule has 4 aliphatic rings. The van der Waals surface area contributed by atoms with Gasteiger partial charge in [-0.2, -0.15) is 9.97 Å². The molecule has 8 nitrogen and oxygen atoms in total. The van der Waals surface area contributed by atoms with Crippen LogP contribution in [0.2, 0.25) is 0 Å². The lowest BCUT2D eigenvalue weighted by Crippen LogP contribution is -2.43. The molecule has 0 spiro atoms. The summed E-state index contributed by atoms with van der Waals surface area (Å²) in [7, 11) is 0. The molecule has 6 heterocycles. The summed E-state index contributed by atoms with van der Waals surface area (Å²) in [6.45, 7) is 6.03. The number of phenolic OH excluding ortho intramolecular Hbond substituents is 1. The van der Waals surface area contributed by atoms with E-state index in [1.165, 1.54) is 18.2 Å². The van der Waals surface area contributed by atoms with Crippen LogP contribution in [0, 0.1) is 23.5 Å². The highest BCUT2D eigenvalue weighted by Crippen LogP contribution is 2.42. The van der Waals surface area contributed by atoms with Gasteiger partial charge in [-0.05, 0) is 60.3 Å². The highest BCUT2D eigenvalue weighted by molar-refractivity contribution is 6.01. The summed E-state index contributed by atoms with van der Waals surface area (Å²) in [4.78, 5) is 18.2. The number of ether oxygens (including phenoxy) is 2. The molecular weight excluding hydrogens is 571 g/mol. The lowest BCUT2D eigenvalue weighted by molar-refractivity contribution is 0.107. The standard InChI is InChI=1S/C33H34F3N5O3/c1-2-23-26(35)5-4-18-8-22(42)9-24(27(18)23)29-28(36)30-25(11-37-29)31(40-12-19-15-43-16-20(19)13-40)39-32(38-30)44-17-33-6-3-7-41(33)14-21(34)10-33/h4-5,8-9,11,19-21,42H,2-3,6-7,10,12-17H2,1H3/t19?,20?,21-,33+/m1/s1. The fourth-order valence-electron chi connectivity index (χ4n) is 8.06. The average molecular weight is 606 g/mol. The Bertz CT molecular complexity index is 1780. The van der Waals surface area contributed by atoms with Gasteiger partial charge in [0.05, 0.1) is 24.1 Å². The molecule has 4 atom stereocenters. The van der Waals surface area contributed by atoms with Crippen molar-refractivity contribution in [2.45, 2.75) is 44.3 Å². The van der Waals surface area contributed by atoms with E-state index in [4.69, 9.17) is 14.5 Å². The third-order valence-corrected chi connectivity index (χ3v) is 10.2. The topological polar surface area (TPSA) is 83.8 Å². The van der Waals surface area contributed by atoms with E-state index in [2.05, 4.69) is 19.8 Å². The number of anilines is 1. The van der Waals surface area contributed by atoms with E-state index in [1.807, 2.05) is 6.92 Å². The summed E-state index contributed by atoms with van der Waals surface area (Å²) in [5.41, 5.74) is 0.275. The van der Waals surface area contributed by atoms with Crippen molar-refractivity contribution in [1.29, 1.82) is 0 Å². The number of hydrogen-bond acceptors (Lipinski definition) is 8. The summed E-state index contributed by atoms with van der Waals surface area (Å²) in [6, 6.07) is 5.91. The number of aryl methyl sites for hydroxylation is 1. The molecule has 4 aromatic rings. The van der Waals surface area contributed by atoms with Crippen molar-refractivity contribution in [3.05, 3.63) is 47.7 Å². The fraction of sp³-hybridized carbons (Fsp3) is 0.485. The van der Waals surface area contributed by atoms with Gasteiger partial charge in [0, 0.05) is 49.7 Å². The van der Waals surface area contributed by atoms with Crippen molar-refractivity contribution in [2.24, 2.45) is 11.8 Å². The highest BCUT2D eigenvalue weighted by Gasteiger charge is 2.49. The van der Waals surface area contributed by atoms with Crippen LogP contribution in [-0.4, -0.2) is 82.7 Å². The smallest absolute Gasteiger partial charge is 0.319 e. The molecule has 44 heavy (non-hydrogen) atoms. The van der Waals surface area contributed by atoms with Crippen LogP contribution in [0.25, 0.3) is 32.9 Å². The van der Waals surface area contributed by atoms with Gasteiger partial charge in [-0.1, -0.05) is 13.0 Å². The Balaban J connectivity index is 1.26. The van der Waals surface area contributed by atoms with Gasteiger partial charge < -0.3 is 19.5 Å². The summed E-state index contributed by atoms with van der Waals surface area (Å²) < 4.78 is 58.0. The number of pyridine rings is 1. The minimum Gasteiger partial charge on any atom is -0.508 e. The summed E-state index contributed by atoms with van der Waals surface area (Å²) >= 11 is 0. The normalized spacial score (nSPS) is 26.6. The number of hydrogen-bond donors (Lipinski definition) is 1. The molecule has 0 saturated carbocycles. The highest BCUT2D eigenvalue weighted by atomic mass is 19.1. The Morgan fingerprint density at radius 1 is 1.11 bits per heavy atom. The molecule has 2 aromatic heterocycles. The van der Waals surface area contributed by atoms with Crippen LogP contribution in [0.4, 0.5) is 19.0 Å². The van der Waals surface area contributed by atoms with E-state index in [-0.39, 0.29) is 35.1 Å². The van der Waals surface area contributed by atoms with E-state index in [9.17, 15) is 13.9 Å². The second-order valence-electron chi connectivity index (χ2n) is 12.8. The first-order chi connectivity index (χ1) is 21.3. The Kier molecular flexibility index (Phi) is 6.60. The van der Waals surface area contributed by atoms with Crippen LogP contribution >= 0.6 is 0 Å². The van der Waals surface area contributed by atoms with Crippen molar-refractivity contribution in [2.75, 3.05) is 50.9 Å². The molecule has 2 aromatic carbocycles. The predicted molar refractivity (Wildman–Crippen MR) is 160 cm³/mol. The third kappa shape index (κ3) is 4.38. The van der Waals surface area contributed by atoms with Crippen molar-refractivity contribution in [3.8, 4) is 23.0 Å². The minimum absolute atomic E-state index is 0.0291. The average Bonchev–Trinajstić information content (AvgIpc) is 3.77. The van der Waals surface area contributed by atoms with Gasteiger partial charge in [0.25, 0.3) is 0 Å². The number of rotatable bonds is 6. The van der Waals surface area contributed by atoms with Crippen LogP contribution in [0.1, 0.15) is 31.7 Å². The number of nitrogens with zero attached hydrogens (tertiary/aromatic N) is 5. The number of phenols is 1. The van der Waals surface area contributed by atoms with Crippen LogP contribution in [0.5, 0.6) is 11.8 Å². The number of benzene rings is 2. The summed E-state index contributed by atoms with van der Waals surface area (Å²) in [5.74, 6) is 0.0570. The zero-order valence-electron chi connectivity index (χ0n) is 24.5.